The molecule has 0 amide bonds. The zero-order valence-electron chi connectivity index (χ0n) is 11.4. The molecule has 0 radical (unpaired) electrons. The maximum Gasteiger partial charge on any atom is 0.503 e. The minimum atomic E-state index is -4.75. The van der Waals surface area contributed by atoms with Gasteiger partial charge in [0.05, 0.1) is 16.6 Å². The first-order valence-electron chi connectivity index (χ1n) is 6.06. The van der Waals surface area contributed by atoms with E-state index in [0.717, 1.165) is 18.2 Å². The maximum absolute atomic E-state index is 11.7. The Labute approximate surface area is 130 Å². The molecule has 0 fully saturated rings. The molecular weight excluding hydrogens is 328 g/mol. The molecule has 0 heterocycles. The molecule has 0 saturated carbocycles. The van der Waals surface area contributed by atoms with Crippen molar-refractivity contribution in [3.63, 3.8) is 0 Å². The molecule has 0 aliphatic rings. The molecule has 120 valence electrons. The van der Waals surface area contributed by atoms with Gasteiger partial charge in [-0.3, -0.25) is 10.1 Å². The average Bonchev–Trinajstić information content (AvgIpc) is 2.49. The Morgan fingerprint density at radius 2 is 1.78 bits per heavy atom. The number of nitrogens with two attached hydrogens (primary N) is 1. The molecule has 2 rings (SSSR count). The second kappa shape index (κ2) is 6.32. The first kappa shape index (κ1) is 16.2. The molecule has 2 aromatic rings. The number of benzene rings is 2. The summed E-state index contributed by atoms with van der Waals surface area (Å²) >= 11 is 0. The smallest absolute Gasteiger partial charge is 0.393 e. The summed E-state index contributed by atoms with van der Waals surface area (Å²) in [7, 11) is -4.75. The molecule has 0 unspecified atom stereocenters. The lowest BCUT2D eigenvalue weighted by molar-refractivity contribution is -0.383. The molecule has 9 nitrogen and oxygen atoms in total. The van der Waals surface area contributed by atoms with Gasteiger partial charge >= 0.3 is 16.4 Å². The topological polar surface area (TPSA) is 139 Å². The molecule has 0 spiro atoms. The quantitative estimate of drug-likeness (QED) is 0.493. The van der Waals surface area contributed by atoms with Gasteiger partial charge < -0.3 is 14.1 Å². The highest BCUT2D eigenvalue weighted by atomic mass is 32.3. The fourth-order valence-electron chi connectivity index (χ4n) is 1.58. The second-order valence-corrected chi connectivity index (χ2v) is 5.36. The number of rotatable bonds is 5. The number of nitro groups is 1. The van der Waals surface area contributed by atoms with Gasteiger partial charge in [0.2, 0.25) is 0 Å². The van der Waals surface area contributed by atoms with Gasteiger partial charge in [-0.2, -0.15) is 0 Å². The zero-order valence-corrected chi connectivity index (χ0v) is 12.2. The van der Waals surface area contributed by atoms with Crippen molar-refractivity contribution in [2.24, 2.45) is 0 Å². The van der Waals surface area contributed by atoms with Crippen LogP contribution in [0.4, 0.5) is 11.4 Å². The van der Waals surface area contributed by atoms with Gasteiger partial charge in [-0.05, 0) is 24.3 Å². The first-order chi connectivity index (χ1) is 10.8. The van der Waals surface area contributed by atoms with Crippen molar-refractivity contribution in [1.29, 1.82) is 0 Å². The molecule has 0 aliphatic carbocycles. The maximum atomic E-state index is 11.7. The number of hydrogen-bond donors (Lipinski definition) is 1. The highest BCUT2D eigenvalue weighted by Gasteiger charge is 2.23. The van der Waals surface area contributed by atoms with Gasteiger partial charge in [0, 0.05) is 0 Å². The molecule has 0 bridgehead atoms. The highest BCUT2D eigenvalue weighted by molar-refractivity contribution is 7.82. The summed E-state index contributed by atoms with van der Waals surface area (Å²) < 4.78 is 32.1. The Kier molecular flexibility index (Phi) is 4.46. The van der Waals surface area contributed by atoms with Crippen molar-refractivity contribution in [2.45, 2.75) is 0 Å². The number of anilines is 1. The van der Waals surface area contributed by atoms with Crippen LogP contribution in [0.2, 0.25) is 0 Å². The van der Waals surface area contributed by atoms with Crippen molar-refractivity contribution >= 4 is 27.7 Å². The van der Waals surface area contributed by atoms with Gasteiger partial charge in [0.25, 0.3) is 5.69 Å². The monoisotopic (exact) mass is 338 g/mol. The molecule has 0 aliphatic heterocycles. The van der Waals surface area contributed by atoms with Crippen LogP contribution >= 0.6 is 0 Å². The van der Waals surface area contributed by atoms with Crippen LogP contribution in [-0.2, 0) is 14.6 Å². The van der Waals surface area contributed by atoms with Crippen LogP contribution in [0.15, 0.2) is 48.5 Å². The molecule has 2 aromatic carbocycles. The van der Waals surface area contributed by atoms with Gasteiger partial charge in [-0.25, -0.2) is 4.79 Å². The largest absolute Gasteiger partial charge is 0.503 e. The lowest BCUT2D eigenvalue weighted by atomic mass is 10.2. The minimum absolute atomic E-state index is 0.00274. The van der Waals surface area contributed by atoms with E-state index in [4.69, 9.17) is 5.73 Å². The third-order valence-corrected chi connectivity index (χ3v) is 3.34. The van der Waals surface area contributed by atoms with Crippen molar-refractivity contribution < 1.29 is 26.5 Å². The van der Waals surface area contributed by atoms with Crippen LogP contribution in [0, 0.1) is 10.1 Å². The SMILES string of the molecule is Nc1ccc(OS(=O)(=O)OC(=O)c2ccccc2)cc1[N+](=O)[O-]. The summed E-state index contributed by atoms with van der Waals surface area (Å²) in [5.74, 6) is -1.55. The van der Waals surface area contributed by atoms with Crippen molar-refractivity contribution in [2.75, 3.05) is 5.73 Å². The van der Waals surface area contributed by atoms with Crippen LogP contribution in [0.3, 0.4) is 0 Å². The average molecular weight is 338 g/mol. The van der Waals surface area contributed by atoms with Gasteiger partial charge in [-0.15, -0.1) is 8.42 Å². The minimum Gasteiger partial charge on any atom is -0.393 e. The van der Waals surface area contributed by atoms with Crippen LogP contribution < -0.4 is 9.92 Å². The number of carbonyl (C=O) groups is 1. The van der Waals surface area contributed by atoms with E-state index >= 15 is 0 Å². The molecule has 23 heavy (non-hydrogen) atoms. The van der Waals surface area contributed by atoms with E-state index in [2.05, 4.69) is 8.37 Å². The zero-order chi connectivity index (χ0) is 17.0. The number of hydrogen-bond acceptors (Lipinski definition) is 8. The summed E-state index contributed by atoms with van der Waals surface area (Å²) in [5, 5.41) is 10.7. The Morgan fingerprint density at radius 3 is 2.39 bits per heavy atom. The Balaban J connectivity index is 2.17. The van der Waals surface area contributed by atoms with Gasteiger partial charge in [0.1, 0.15) is 5.69 Å². The first-order valence-corrected chi connectivity index (χ1v) is 7.39. The van der Waals surface area contributed by atoms with Crippen molar-refractivity contribution in [3.05, 3.63) is 64.2 Å². The Hall–Kier alpha value is -3.14. The summed E-state index contributed by atoms with van der Waals surface area (Å²) in [6, 6.07) is 10.4. The predicted octanol–water partition coefficient (Wildman–Crippen LogP) is 1.66. The summed E-state index contributed by atoms with van der Waals surface area (Å²) in [5.41, 5.74) is 4.68. The summed E-state index contributed by atoms with van der Waals surface area (Å²) in [6.45, 7) is 0. The highest BCUT2D eigenvalue weighted by Crippen LogP contribution is 2.27. The lowest BCUT2D eigenvalue weighted by Gasteiger charge is -2.07. The number of nitrogen functional groups attached to an aromatic ring is 1. The third kappa shape index (κ3) is 4.17. The van der Waals surface area contributed by atoms with E-state index in [1.807, 2.05) is 0 Å². The molecular formula is C13H10N2O7S. The third-order valence-electron chi connectivity index (χ3n) is 2.58. The van der Waals surface area contributed by atoms with E-state index in [1.165, 1.54) is 24.3 Å². The van der Waals surface area contributed by atoms with E-state index in [1.54, 1.807) is 6.07 Å². The normalized spacial score (nSPS) is 10.8. The van der Waals surface area contributed by atoms with Gasteiger partial charge in [-0.1, -0.05) is 18.2 Å². The summed E-state index contributed by atoms with van der Waals surface area (Å²) in [4.78, 5) is 21.6. The van der Waals surface area contributed by atoms with Crippen LogP contribution in [0.5, 0.6) is 5.75 Å². The standard InChI is InChI=1S/C13H10N2O7S/c14-11-7-6-10(8-12(11)15(17)18)21-23(19,20)22-13(16)9-4-2-1-3-5-9/h1-8H,14H2. The van der Waals surface area contributed by atoms with Crippen LogP contribution in [0.25, 0.3) is 0 Å². The van der Waals surface area contributed by atoms with Crippen LogP contribution in [-0.4, -0.2) is 19.3 Å². The van der Waals surface area contributed by atoms with E-state index < -0.39 is 32.7 Å². The van der Waals surface area contributed by atoms with E-state index in [9.17, 15) is 23.3 Å². The molecule has 10 heteroatoms. The summed E-state index contributed by atoms with van der Waals surface area (Å²) in [6.07, 6.45) is 0. The number of nitro benzene ring substituents is 1. The predicted molar refractivity (Wildman–Crippen MR) is 78.9 cm³/mol. The molecule has 0 saturated heterocycles. The Bertz CT molecular complexity index is 850. The number of carbonyl (C=O) groups excluding carboxylic acids is 1. The van der Waals surface area contributed by atoms with Crippen LogP contribution in [0.1, 0.15) is 10.4 Å². The fourth-order valence-corrected chi connectivity index (χ4v) is 2.24. The second-order valence-electron chi connectivity index (χ2n) is 4.21. The van der Waals surface area contributed by atoms with Gasteiger partial charge in [0.15, 0.2) is 5.75 Å². The molecule has 0 aromatic heterocycles. The van der Waals surface area contributed by atoms with Crippen molar-refractivity contribution in [3.8, 4) is 5.75 Å². The lowest BCUT2D eigenvalue weighted by Crippen LogP contribution is -2.18. The van der Waals surface area contributed by atoms with Crippen molar-refractivity contribution in [1.82, 2.24) is 0 Å². The molecule has 0 atom stereocenters. The fraction of sp³-hybridized carbons (Fsp3) is 0. The molecule has 2 N–H and O–H groups in total. The number of nitrogens with zero attached hydrogens (tertiary/aromatic N) is 1. The Morgan fingerprint density at radius 1 is 1.13 bits per heavy atom. The van der Waals surface area contributed by atoms with E-state index in [0.29, 0.717) is 0 Å². The van der Waals surface area contributed by atoms with E-state index in [-0.39, 0.29) is 11.3 Å².